The molecule has 6 aromatic heterocycles. The smallest absolute Gasteiger partial charge is 0.346 e. The van der Waals surface area contributed by atoms with Crippen LogP contribution < -0.4 is 9.47 Å². The van der Waals surface area contributed by atoms with E-state index in [1.807, 2.05) is 36.4 Å². The lowest BCUT2D eigenvalue weighted by Crippen LogP contribution is -1.97. The van der Waals surface area contributed by atoms with E-state index < -0.39 is 0 Å². The zero-order valence-electron chi connectivity index (χ0n) is 24.5. The number of hydrogen-bond donors (Lipinski definition) is 0. The van der Waals surface area contributed by atoms with Crippen molar-refractivity contribution >= 4 is 34.9 Å². The van der Waals surface area contributed by atoms with Crippen LogP contribution in [0.15, 0.2) is 81.9 Å². The minimum atomic E-state index is 0.198. The summed E-state index contributed by atoms with van der Waals surface area (Å²) in [7, 11) is 3.17. The van der Waals surface area contributed by atoms with Crippen LogP contribution in [0.5, 0.6) is 11.5 Å². The molecule has 0 N–H and O–H groups in total. The van der Waals surface area contributed by atoms with Gasteiger partial charge in [0.25, 0.3) is 11.8 Å². The minimum absolute atomic E-state index is 0.198. The maximum Gasteiger partial charge on any atom is 0.346 e. The van der Waals surface area contributed by atoms with Crippen molar-refractivity contribution in [2.45, 2.75) is 6.42 Å². The van der Waals surface area contributed by atoms with Crippen molar-refractivity contribution in [3.05, 3.63) is 94.5 Å². The third-order valence-corrected chi connectivity index (χ3v) is 7.98. The monoisotopic (exact) mass is 666 g/mol. The number of aromatic nitrogens is 10. The lowest BCUT2D eigenvalue weighted by molar-refractivity contribution is 0.414. The zero-order chi connectivity index (χ0) is 32.1. The highest BCUT2D eigenvalue weighted by molar-refractivity contribution is 6.32. The van der Waals surface area contributed by atoms with Crippen LogP contribution in [0.4, 0.5) is 0 Å². The van der Waals surface area contributed by atoms with Crippen molar-refractivity contribution in [1.29, 1.82) is 0 Å². The van der Waals surface area contributed by atoms with Gasteiger partial charge >= 0.3 is 11.7 Å². The van der Waals surface area contributed by atoms with Gasteiger partial charge in [0.1, 0.15) is 21.8 Å². The molecule has 0 aliphatic carbocycles. The fraction of sp³-hybridized carbons (Fsp3) is 0.0968. The molecule has 232 valence electrons. The van der Waals surface area contributed by atoms with E-state index in [-0.39, 0.29) is 22.0 Å². The van der Waals surface area contributed by atoms with Gasteiger partial charge < -0.3 is 18.3 Å². The second-order valence-corrected chi connectivity index (χ2v) is 10.9. The van der Waals surface area contributed by atoms with Crippen LogP contribution in [-0.2, 0) is 6.42 Å². The molecule has 0 unspecified atom stereocenters. The van der Waals surface area contributed by atoms with E-state index in [4.69, 9.17) is 41.5 Å². The van der Waals surface area contributed by atoms with Gasteiger partial charge in [-0.25, -0.2) is 9.97 Å². The summed E-state index contributed by atoms with van der Waals surface area (Å²) >= 11 is 12.6. The van der Waals surface area contributed by atoms with Crippen molar-refractivity contribution in [1.82, 2.24) is 49.6 Å². The van der Waals surface area contributed by atoms with Gasteiger partial charge in [-0.1, -0.05) is 45.5 Å². The summed E-state index contributed by atoms with van der Waals surface area (Å²) in [5, 5.41) is 26.5. The first-order chi connectivity index (χ1) is 23.0. The Morgan fingerprint density at radius 2 is 1.09 bits per heavy atom. The number of pyridine rings is 2. The largest absolute Gasteiger partial charge is 0.496 e. The Kier molecular flexibility index (Phi) is 7.00. The van der Waals surface area contributed by atoms with E-state index in [2.05, 4.69) is 40.6 Å². The molecule has 0 aliphatic heterocycles. The standard InChI is InChI=1S/C31H20Cl2N10O4/c1-44-22-9-7-16(14-20(22)28-40-42-26(36-38-30(42)46-28)18-5-3-11-34-24(18)32)13-17-8-10-23(45-2)21(15-17)29-41-43-27(37-39-31(43)47-29)19-6-4-12-35-25(19)33/h3-12,14-15H,13H2,1-2H3. The second-order valence-electron chi connectivity index (χ2n) is 10.2. The van der Waals surface area contributed by atoms with Crippen LogP contribution in [0, 0.1) is 0 Å². The Hall–Kier alpha value is -5.86. The Morgan fingerprint density at radius 3 is 1.51 bits per heavy atom. The number of fused-ring (bicyclic) bond motifs is 2. The van der Waals surface area contributed by atoms with Gasteiger partial charge in [-0.15, -0.1) is 20.4 Å². The van der Waals surface area contributed by atoms with Crippen molar-refractivity contribution in [3.8, 4) is 57.2 Å². The normalized spacial score (nSPS) is 11.5. The third-order valence-electron chi connectivity index (χ3n) is 7.38. The van der Waals surface area contributed by atoms with Crippen LogP contribution in [0.3, 0.4) is 0 Å². The number of methoxy groups -OCH3 is 2. The highest BCUT2D eigenvalue weighted by Gasteiger charge is 2.22. The summed E-state index contributed by atoms with van der Waals surface area (Å²) in [6, 6.07) is 18.6. The maximum absolute atomic E-state index is 6.30. The average Bonchev–Trinajstić information content (AvgIpc) is 3.87. The molecule has 0 amide bonds. The Balaban J connectivity index is 1.14. The van der Waals surface area contributed by atoms with Gasteiger partial charge in [-0.3, -0.25) is 0 Å². The van der Waals surface area contributed by atoms with Crippen LogP contribution in [-0.4, -0.2) is 63.8 Å². The number of ether oxygens (including phenoxy) is 2. The van der Waals surface area contributed by atoms with Crippen molar-refractivity contribution in [2.75, 3.05) is 14.2 Å². The molecular weight excluding hydrogens is 647 g/mol. The van der Waals surface area contributed by atoms with E-state index in [0.29, 0.717) is 63.6 Å². The van der Waals surface area contributed by atoms with Gasteiger partial charge in [0, 0.05) is 12.4 Å². The molecule has 0 atom stereocenters. The van der Waals surface area contributed by atoms with Crippen LogP contribution >= 0.6 is 23.2 Å². The highest BCUT2D eigenvalue weighted by atomic mass is 35.5. The first-order valence-corrected chi connectivity index (χ1v) is 14.8. The predicted octanol–water partition coefficient (Wildman–Crippen LogP) is 6.12. The summed E-state index contributed by atoms with van der Waals surface area (Å²) in [5.74, 6) is 2.94. The maximum atomic E-state index is 6.30. The number of rotatable bonds is 8. The Labute approximate surface area is 274 Å². The molecule has 0 fully saturated rings. The summed E-state index contributed by atoms with van der Waals surface area (Å²) < 4.78 is 26.3. The van der Waals surface area contributed by atoms with E-state index in [0.717, 1.165) is 11.1 Å². The van der Waals surface area contributed by atoms with Gasteiger partial charge in [0.05, 0.1) is 36.5 Å². The minimum Gasteiger partial charge on any atom is -0.496 e. The predicted molar refractivity (Wildman–Crippen MR) is 169 cm³/mol. The van der Waals surface area contributed by atoms with Crippen molar-refractivity contribution in [3.63, 3.8) is 0 Å². The quantitative estimate of drug-likeness (QED) is 0.171. The molecule has 0 saturated carbocycles. The number of halogens is 2. The zero-order valence-corrected chi connectivity index (χ0v) is 26.0. The van der Waals surface area contributed by atoms with Gasteiger partial charge in [-0.05, 0) is 66.1 Å². The average molecular weight is 667 g/mol. The number of nitrogens with zero attached hydrogens (tertiary/aromatic N) is 10. The van der Waals surface area contributed by atoms with Crippen LogP contribution in [0.2, 0.25) is 10.3 Å². The second kappa shape index (κ2) is 11.5. The molecule has 0 radical (unpaired) electrons. The molecule has 0 saturated heterocycles. The number of hydrogen-bond acceptors (Lipinski definition) is 12. The molecule has 0 spiro atoms. The molecule has 8 aromatic rings. The van der Waals surface area contributed by atoms with Gasteiger partial charge in [-0.2, -0.15) is 9.03 Å². The van der Waals surface area contributed by atoms with Crippen LogP contribution in [0.1, 0.15) is 11.1 Å². The van der Waals surface area contributed by atoms with E-state index in [9.17, 15) is 0 Å². The molecule has 0 bridgehead atoms. The summed E-state index contributed by atoms with van der Waals surface area (Å²) in [5.41, 5.74) is 4.34. The third kappa shape index (κ3) is 4.99. The van der Waals surface area contributed by atoms with Gasteiger partial charge in [0.2, 0.25) is 0 Å². The van der Waals surface area contributed by atoms with Gasteiger partial charge in [0.15, 0.2) is 11.6 Å². The molecule has 6 heterocycles. The molecule has 0 aliphatic rings. The number of benzene rings is 2. The first kappa shape index (κ1) is 28.6. The first-order valence-electron chi connectivity index (χ1n) is 14.0. The molecule has 8 rings (SSSR count). The fourth-order valence-corrected chi connectivity index (χ4v) is 5.60. The molecule has 47 heavy (non-hydrogen) atoms. The summed E-state index contributed by atoms with van der Waals surface area (Å²) in [4.78, 5) is 8.25. The SMILES string of the molecule is COc1ccc(Cc2ccc(OC)c(-c3nn4c(-c5cccnc5Cl)nnc4o3)c2)cc1-c1nn2c(-c3cccnc3Cl)nnc2o1. The fourth-order valence-electron chi connectivity index (χ4n) is 5.19. The van der Waals surface area contributed by atoms with Crippen LogP contribution in [0.25, 0.3) is 57.4 Å². The molecule has 2 aromatic carbocycles. The summed E-state index contributed by atoms with van der Waals surface area (Å²) in [6.07, 6.45) is 3.73. The van der Waals surface area contributed by atoms with E-state index >= 15 is 0 Å². The topological polar surface area (TPSA) is 157 Å². The lowest BCUT2D eigenvalue weighted by atomic mass is 10.00. The lowest BCUT2D eigenvalue weighted by Gasteiger charge is -2.10. The van der Waals surface area contributed by atoms with Crippen molar-refractivity contribution < 1.29 is 18.3 Å². The Bertz CT molecular complexity index is 2260. The van der Waals surface area contributed by atoms with E-state index in [1.165, 1.54) is 9.03 Å². The highest BCUT2D eigenvalue weighted by Crippen LogP contribution is 2.35. The van der Waals surface area contributed by atoms with E-state index in [1.54, 1.807) is 50.9 Å². The molecular formula is C31H20Cl2N10O4. The van der Waals surface area contributed by atoms with Crippen molar-refractivity contribution in [2.24, 2.45) is 0 Å². The molecule has 16 heteroatoms. The Morgan fingerprint density at radius 1 is 0.617 bits per heavy atom. The molecule has 14 nitrogen and oxygen atoms in total. The summed E-state index contributed by atoms with van der Waals surface area (Å²) in [6.45, 7) is 0.